The number of rotatable bonds is 1. The Morgan fingerprint density at radius 3 is 2.26 bits per heavy atom. The number of halogens is 3. The molecule has 1 aliphatic rings. The summed E-state index contributed by atoms with van der Waals surface area (Å²) >= 11 is 3.51. The molecule has 122 valence electrons. The van der Waals surface area contributed by atoms with Crippen molar-refractivity contribution in [2.75, 3.05) is 0 Å². The molecule has 0 saturated carbocycles. The van der Waals surface area contributed by atoms with Gasteiger partial charge in [0.2, 0.25) is 0 Å². The Balaban J connectivity index is 0. The van der Waals surface area contributed by atoms with Gasteiger partial charge in [-0.15, -0.1) is 41.0 Å². The third-order valence-corrected chi connectivity index (χ3v) is 6.18. The van der Waals surface area contributed by atoms with Gasteiger partial charge in [0, 0.05) is 0 Å². The van der Waals surface area contributed by atoms with E-state index >= 15 is 0 Å². The molecule has 0 aromatic heterocycles. The van der Waals surface area contributed by atoms with E-state index in [9.17, 15) is 0 Å². The maximum Gasteiger partial charge on any atom is 4.00 e. The fourth-order valence-electron chi connectivity index (χ4n) is 2.27. The molecule has 23 heavy (non-hydrogen) atoms. The number of hydrogen-bond acceptors (Lipinski definition) is 0. The van der Waals surface area contributed by atoms with Crippen LogP contribution in [-0.2, 0) is 26.2 Å². The summed E-state index contributed by atoms with van der Waals surface area (Å²) in [6, 6.07) is 10.7. The van der Waals surface area contributed by atoms with Crippen LogP contribution in [-0.4, -0.2) is 8.07 Å². The van der Waals surface area contributed by atoms with Crippen molar-refractivity contribution in [2.24, 2.45) is 0 Å². The molecule has 0 N–H and O–H groups in total. The first-order valence-corrected chi connectivity index (χ1v) is 11.3. The normalized spacial score (nSPS) is 12.3. The molecule has 5 heteroatoms. The van der Waals surface area contributed by atoms with Gasteiger partial charge in [0.25, 0.3) is 0 Å². The zero-order valence-electron chi connectivity index (χ0n) is 13.9. The molecule has 0 saturated heterocycles. The zero-order chi connectivity index (χ0) is 14.8. The fourth-order valence-corrected chi connectivity index (χ4v) is 4.01. The summed E-state index contributed by atoms with van der Waals surface area (Å²) in [5.41, 5.74) is 1.33. The number of allylic oxidation sites excluding steroid dienone is 4. The number of aryl methyl sites for hydroxylation is 1. The van der Waals surface area contributed by atoms with Crippen LogP contribution in [0.2, 0.25) is 19.6 Å². The SMILES string of the molecule is C[Si](C)(C)C1=CC[C-]=C1.Cc1cc2c(Br)cccc2[cH-]1.[Cl-].[Cl-].[Zr+4]. The van der Waals surface area contributed by atoms with Crippen molar-refractivity contribution in [1.29, 1.82) is 0 Å². The van der Waals surface area contributed by atoms with Crippen molar-refractivity contribution in [1.82, 2.24) is 0 Å². The van der Waals surface area contributed by atoms with E-state index in [1.807, 2.05) is 0 Å². The quantitative estimate of drug-likeness (QED) is 0.382. The van der Waals surface area contributed by atoms with Gasteiger partial charge in [-0.25, -0.2) is 11.3 Å². The molecule has 1 aliphatic carbocycles. The van der Waals surface area contributed by atoms with Gasteiger partial charge in [-0.3, -0.25) is 6.08 Å². The van der Waals surface area contributed by atoms with Crippen LogP contribution in [0, 0.1) is 13.0 Å². The van der Waals surface area contributed by atoms with Gasteiger partial charge >= 0.3 is 26.2 Å². The molecule has 0 amide bonds. The molecule has 2 aromatic carbocycles. The van der Waals surface area contributed by atoms with E-state index in [4.69, 9.17) is 0 Å². The molecule has 0 atom stereocenters. The maximum absolute atomic E-state index is 3.51. The Bertz CT molecular complexity index is 669. The average molecular weight is 507 g/mol. The first-order chi connectivity index (χ1) is 9.38. The van der Waals surface area contributed by atoms with Crippen LogP contribution in [0.15, 0.2) is 52.2 Å². The van der Waals surface area contributed by atoms with Crippen molar-refractivity contribution in [3.63, 3.8) is 0 Å². The smallest absolute Gasteiger partial charge is 1.00 e. The number of fused-ring (bicyclic) bond motifs is 1. The minimum absolute atomic E-state index is 0. The Morgan fingerprint density at radius 1 is 1.17 bits per heavy atom. The second-order valence-electron chi connectivity index (χ2n) is 6.24. The van der Waals surface area contributed by atoms with E-state index in [-0.39, 0.29) is 51.0 Å². The summed E-state index contributed by atoms with van der Waals surface area (Å²) < 4.78 is 1.18. The summed E-state index contributed by atoms with van der Waals surface area (Å²) in [5, 5.41) is 4.18. The molecule has 0 spiro atoms. The van der Waals surface area contributed by atoms with Crippen LogP contribution in [0.5, 0.6) is 0 Å². The molecule has 0 unspecified atom stereocenters. The zero-order valence-corrected chi connectivity index (χ0v) is 20.4. The van der Waals surface area contributed by atoms with Crippen molar-refractivity contribution in [3.8, 4) is 0 Å². The third-order valence-electron chi connectivity index (χ3n) is 3.41. The summed E-state index contributed by atoms with van der Waals surface area (Å²) in [7, 11) is -0.981. The van der Waals surface area contributed by atoms with E-state index in [1.165, 1.54) is 20.8 Å². The molecule has 0 radical (unpaired) electrons. The number of benzene rings is 1. The van der Waals surface area contributed by atoms with Crippen molar-refractivity contribution >= 4 is 34.8 Å². The van der Waals surface area contributed by atoms with Gasteiger partial charge < -0.3 is 24.8 Å². The Morgan fingerprint density at radius 2 is 1.83 bits per heavy atom. The second kappa shape index (κ2) is 11.2. The van der Waals surface area contributed by atoms with Crippen molar-refractivity contribution in [3.05, 3.63) is 63.8 Å². The largest absolute Gasteiger partial charge is 4.00 e. The minimum atomic E-state index is -0.981. The van der Waals surface area contributed by atoms with Gasteiger partial charge in [0.1, 0.15) is 0 Å². The molecule has 0 bridgehead atoms. The predicted octanol–water partition coefficient (Wildman–Crippen LogP) is 0.188. The van der Waals surface area contributed by atoms with E-state index in [2.05, 4.69) is 91.1 Å². The van der Waals surface area contributed by atoms with Gasteiger partial charge in [-0.05, 0) is 12.5 Å². The van der Waals surface area contributed by atoms with Crippen LogP contribution < -0.4 is 24.8 Å². The monoisotopic (exact) mass is 504 g/mol. The summed E-state index contributed by atoms with van der Waals surface area (Å²) in [6.07, 6.45) is 8.69. The van der Waals surface area contributed by atoms with Crippen LogP contribution in [0.25, 0.3) is 10.8 Å². The van der Waals surface area contributed by atoms with Crippen molar-refractivity contribution < 1.29 is 51.0 Å². The summed E-state index contributed by atoms with van der Waals surface area (Å²) in [6.45, 7) is 9.21. The Hall–Kier alpha value is 0.470. The molecule has 0 nitrogen and oxygen atoms in total. The molecule has 2 aromatic rings. The van der Waals surface area contributed by atoms with E-state index < -0.39 is 8.07 Å². The summed E-state index contributed by atoms with van der Waals surface area (Å²) in [5.74, 6) is 0. The predicted molar refractivity (Wildman–Crippen MR) is 95.8 cm³/mol. The first-order valence-electron chi connectivity index (χ1n) is 6.97. The van der Waals surface area contributed by atoms with Crippen LogP contribution >= 0.6 is 15.9 Å². The molecule has 0 heterocycles. The van der Waals surface area contributed by atoms with Crippen LogP contribution in [0.3, 0.4) is 0 Å². The van der Waals surface area contributed by atoms with Gasteiger partial charge in [-0.1, -0.05) is 48.6 Å². The maximum atomic E-state index is 3.51. The van der Waals surface area contributed by atoms with E-state index in [1.54, 1.807) is 5.20 Å². The van der Waals surface area contributed by atoms with E-state index in [0.29, 0.717) is 0 Å². The minimum Gasteiger partial charge on any atom is -1.00 e. The molecular formula is C18H21BrCl2SiZr. The summed E-state index contributed by atoms with van der Waals surface area (Å²) in [4.78, 5) is 0. The second-order valence-corrected chi connectivity index (χ2v) is 12.2. The topological polar surface area (TPSA) is 0 Å². The number of hydrogen-bond donors (Lipinski definition) is 0. The molecular weight excluding hydrogens is 486 g/mol. The van der Waals surface area contributed by atoms with Crippen LogP contribution in [0.4, 0.5) is 0 Å². The van der Waals surface area contributed by atoms with Gasteiger partial charge in [0.15, 0.2) is 0 Å². The average Bonchev–Trinajstić information content (AvgIpc) is 2.97. The molecule has 3 rings (SSSR count). The van der Waals surface area contributed by atoms with Gasteiger partial charge in [0.05, 0.1) is 0 Å². The fraction of sp³-hybridized carbons (Fsp3) is 0.278. The standard InChI is InChI=1S/C10H8Br.C8H13Si.2ClH.Zr/c1-7-5-8-3-2-4-10(11)9(8)6-7;1-9(2,3)8-6-4-5-7-8;;;/h2-6H,1H3;6-7H,4H2,1-3H3;2*1H;/q2*-1;;;+4/p-2. The Kier molecular flexibility index (Phi) is 12.5. The Labute approximate surface area is 181 Å². The van der Waals surface area contributed by atoms with Crippen LogP contribution in [0.1, 0.15) is 12.0 Å². The van der Waals surface area contributed by atoms with Crippen molar-refractivity contribution in [2.45, 2.75) is 33.0 Å². The van der Waals surface area contributed by atoms with Gasteiger partial charge in [-0.2, -0.15) is 12.1 Å². The van der Waals surface area contributed by atoms with E-state index in [0.717, 1.165) is 6.42 Å². The molecule has 0 fully saturated rings. The molecule has 0 aliphatic heterocycles. The third kappa shape index (κ3) is 7.48. The first kappa shape index (κ1) is 25.7.